The van der Waals surface area contributed by atoms with Crippen LogP contribution in [0.25, 0.3) is 0 Å². The molecule has 0 spiro atoms. The van der Waals surface area contributed by atoms with E-state index in [2.05, 4.69) is 12.1 Å². The smallest absolute Gasteiger partial charge is 0.327 e. The Kier molecular flexibility index (Phi) is 3.52. The third kappa shape index (κ3) is 2.58. The summed E-state index contributed by atoms with van der Waals surface area (Å²) in [6, 6.07) is 16.8. The fourth-order valence-corrected chi connectivity index (χ4v) is 2.64. The lowest BCUT2D eigenvalue weighted by molar-refractivity contribution is -0.150. The molecule has 2 aromatic rings. The highest BCUT2D eigenvalue weighted by Gasteiger charge is 2.27. The molecule has 2 aromatic carbocycles. The van der Waals surface area contributed by atoms with Gasteiger partial charge in [-0.1, -0.05) is 54.6 Å². The van der Waals surface area contributed by atoms with Crippen molar-refractivity contribution in [3.63, 3.8) is 0 Å². The first-order valence-electron chi connectivity index (χ1n) is 6.82. The molecule has 20 heavy (non-hydrogen) atoms. The molecule has 102 valence electrons. The zero-order chi connectivity index (χ0) is 13.9. The topological polar surface area (TPSA) is 52.3 Å². The van der Waals surface area contributed by atoms with Crippen LogP contribution in [0.15, 0.2) is 54.6 Å². The largest absolute Gasteiger partial charge is 0.460 e. The minimum Gasteiger partial charge on any atom is -0.460 e. The van der Waals surface area contributed by atoms with Crippen molar-refractivity contribution in [3.05, 3.63) is 71.3 Å². The Bertz CT molecular complexity index is 584. The van der Waals surface area contributed by atoms with Gasteiger partial charge in [0.2, 0.25) is 0 Å². The number of carbonyl (C=O) groups is 1. The standard InChI is InChI=1S/C17H17NO2/c18-16(12-6-2-1-3-7-12)17(19)20-15-10-13-8-4-5-9-14(13)11-15/h1-9,15-16H,10-11,18H2. The average molecular weight is 267 g/mol. The fourth-order valence-electron chi connectivity index (χ4n) is 2.64. The summed E-state index contributed by atoms with van der Waals surface area (Å²) < 4.78 is 5.55. The Hall–Kier alpha value is -2.13. The van der Waals surface area contributed by atoms with Crippen LogP contribution in [-0.2, 0) is 22.4 Å². The maximum Gasteiger partial charge on any atom is 0.327 e. The highest BCUT2D eigenvalue weighted by Crippen LogP contribution is 2.25. The van der Waals surface area contributed by atoms with Crippen molar-refractivity contribution in [2.45, 2.75) is 25.0 Å². The molecule has 3 nitrogen and oxygen atoms in total. The van der Waals surface area contributed by atoms with Crippen LogP contribution in [0.2, 0.25) is 0 Å². The van der Waals surface area contributed by atoms with Gasteiger partial charge in [-0.05, 0) is 16.7 Å². The Morgan fingerprint density at radius 1 is 1.00 bits per heavy atom. The van der Waals surface area contributed by atoms with Crippen LogP contribution >= 0.6 is 0 Å². The number of fused-ring (bicyclic) bond motifs is 1. The van der Waals surface area contributed by atoms with Crippen LogP contribution in [0.5, 0.6) is 0 Å². The van der Waals surface area contributed by atoms with Gasteiger partial charge >= 0.3 is 5.97 Å². The summed E-state index contributed by atoms with van der Waals surface area (Å²) >= 11 is 0. The minimum atomic E-state index is -0.708. The van der Waals surface area contributed by atoms with Gasteiger partial charge in [0, 0.05) is 12.8 Å². The molecule has 3 heteroatoms. The molecule has 0 aromatic heterocycles. The summed E-state index contributed by atoms with van der Waals surface area (Å²) in [5.74, 6) is -0.353. The van der Waals surface area contributed by atoms with E-state index in [-0.39, 0.29) is 12.1 Å². The first-order valence-corrected chi connectivity index (χ1v) is 6.82. The number of hydrogen-bond donors (Lipinski definition) is 1. The first-order chi connectivity index (χ1) is 9.74. The number of rotatable bonds is 3. The highest BCUT2D eigenvalue weighted by atomic mass is 16.5. The Morgan fingerprint density at radius 2 is 1.55 bits per heavy atom. The molecule has 1 aliphatic rings. The molecule has 2 N–H and O–H groups in total. The number of nitrogens with two attached hydrogens (primary N) is 1. The lowest BCUT2D eigenvalue weighted by Gasteiger charge is -2.16. The molecule has 1 atom stereocenters. The van der Waals surface area contributed by atoms with E-state index in [1.807, 2.05) is 42.5 Å². The van der Waals surface area contributed by atoms with E-state index >= 15 is 0 Å². The van der Waals surface area contributed by atoms with Gasteiger partial charge in [-0.25, -0.2) is 4.79 Å². The van der Waals surface area contributed by atoms with E-state index in [0.29, 0.717) is 0 Å². The third-order valence-electron chi connectivity index (χ3n) is 3.71. The summed E-state index contributed by atoms with van der Waals surface area (Å²) in [4.78, 5) is 12.1. The molecule has 0 saturated carbocycles. The third-order valence-corrected chi connectivity index (χ3v) is 3.71. The quantitative estimate of drug-likeness (QED) is 0.869. The molecular formula is C17H17NO2. The molecule has 0 bridgehead atoms. The lowest BCUT2D eigenvalue weighted by Crippen LogP contribution is -2.28. The minimum absolute atomic E-state index is 0.0883. The maximum absolute atomic E-state index is 12.1. The monoisotopic (exact) mass is 267 g/mol. The Labute approximate surface area is 118 Å². The zero-order valence-corrected chi connectivity index (χ0v) is 11.2. The van der Waals surface area contributed by atoms with E-state index in [4.69, 9.17) is 10.5 Å². The number of hydrogen-bond acceptors (Lipinski definition) is 3. The van der Waals surface area contributed by atoms with Gasteiger partial charge in [-0.3, -0.25) is 0 Å². The predicted molar refractivity (Wildman–Crippen MR) is 77.1 cm³/mol. The van der Waals surface area contributed by atoms with Crippen molar-refractivity contribution in [1.82, 2.24) is 0 Å². The normalized spacial score (nSPS) is 15.7. The molecule has 0 saturated heterocycles. The Morgan fingerprint density at radius 3 is 2.15 bits per heavy atom. The van der Waals surface area contributed by atoms with E-state index in [1.165, 1.54) is 11.1 Å². The van der Waals surface area contributed by atoms with Crippen molar-refractivity contribution in [3.8, 4) is 0 Å². The first kappa shape index (κ1) is 12.9. The van der Waals surface area contributed by atoms with Gasteiger partial charge in [0.25, 0.3) is 0 Å². The summed E-state index contributed by atoms with van der Waals surface area (Å²) in [5, 5.41) is 0. The van der Waals surface area contributed by atoms with Gasteiger partial charge in [0.15, 0.2) is 0 Å². The molecule has 0 heterocycles. The van der Waals surface area contributed by atoms with Crippen molar-refractivity contribution in [2.24, 2.45) is 5.73 Å². The summed E-state index contributed by atoms with van der Waals surface area (Å²) in [6.07, 6.45) is 1.47. The van der Waals surface area contributed by atoms with Crippen LogP contribution in [0, 0.1) is 0 Å². The molecule has 1 aliphatic carbocycles. The van der Waals surface area contributed by atoms with Crippen molar-refractivity contribution >= 4 is 5.97 Å². The molecule has 1 unspecified atom stereocenters. The molecule has 0 aliphatic heterocycles. The Balaban J connectivity index is 1.64. The van der Waals surface area contributed by atoms with E-state index in [0.717, 1.165) is 18.4 Å². The van der Waals surface area contributed by atoms with Crippen LogP contribution in [0.4, 0.5) is 0 Å². The lowest BCUT2D eigenvalue weighted by atomic mass is 10.1. The molecule has 0 radical (unpaired) electrons. The van der Waals surface area contributed by atoms with Crippen molar-refractivity contribution in [2.75, 3.05) is 0 Å². The van der Waals surface area contributed by atoms with Gasteiger partial charge < -0.3 is 10.5 Å². The number of esters is 1. The maximum atomic E-state index is 12.1. The van der Waals surface area contributed by atoms with Crippen LogP contribution in [-0.4, -0.2) is 12.1 Å². The van der Waals surface area contributed by atoms with E-state index < -0.39 is 6.04 Å². The SMILES string of the molecule is NC(C(=O)OC1Cc2ccccc2C1)c1ccccc1. The van der Waals surface area contributed by atoms with Crippen LogP contribution < -0.4 is 5.73 Å². The second-order valence-electron chi connectivity index (χ2n) is 5.12. The summed E-state index contributed by atoms with van der Waals surface area (Å²) in [6.45, 7) is 0. The number of ether oxygens (including phenoxy) is 1. The van der Waals surface area contributed by atoms with Crippen LogP contribution in [0.1, 0.15) is 22.7 Å². The average Bonchev–Trinajstić information content (AvgIpc) is 2.89. The number of benzene rings is 2. The molecule has 0 fully saturated rings. The van der Waals surface area contributed by atoms with Gasteiger partial charge in [-0.15, -0.1) is 0 Å². The molecule has 3 rings (SSSR count). The van der Waals surface area contributed by atoms with Gasteiger partial charge in [0.05, 0.1) is 0 Å². The molecular weight excluding hydrogens is 250 g/mol. The fraction of sp³-hybridized carbons (Fsp3) is 0.235. The zero-order valence-electron chi connectivity index (χ0n) is 11.2. The summed E-state index contributed by atoms with van der Waals surface area (Å²) in [5.41, 5.74) is 9.26. The number of carbonyl (C=O) groups excluding carboxylic acids is 1. The van der Waals surface area contributed by atoms with Crippen molar-refractivity contribution < 1.29 is 9.53 Å². The van der Waals surface area contributed by atoms with Gasteiger partial charge in [-0.2, -0.15) is 0 Å². The second-order valence-corrected chi connectivity index (χ2v) is 5.12. The van der Waals surface area contributed by atoms with E-state index in [1.54, 1.807) is 0 Å². The second kappa shape index (κ2) is 5.47. The predicted octanol–water partition coefficient (Wildman–Crippen LogP) is 2.40. The van der Waals surface area contributed by atoms with E-state index in [9.17, 15) is 4.79 Å². The highest BCUT2D eigenvalue weighted by molar-refractivity contribution is 5.77. The van der Waals surface area contributed by atoms with Gasteiger partial charge in [0.1, 0.15) is 12.1 Å². The summed E-state index contributed by atoms with van der Waals surface area (Å²) in [7, 11) is 0. The molecule has 0 amide bonds. The van der Waals surface area contributed by atoms with Crippen molar-refractivity contribution in [1.29, 1.82) is 0 Å². The van der Waals surface area contributed by atoms with Crippen LogP contribution in [0.3, 0.4) is 0 Å².